The van der Waals surface area contributed by atoms with E-state index in [1.807, 2.05) is 0 Å². The average molecular weight is 422 g/mol. The highest BCUT2D eigenvalue weighted by Crippen LogP contribution is 2.50. The molecule has 3 atom stereocenters. The van der Waals surface area contributed by atoms with Gasteiger partial charge in [-0.2, -0.15) is 0 Å². The monoisotopic (exact) mass is 421 g/mol. The zero-order chi connectivity index (χ0) is 20.3. The minimum Gasteiger partial charge on any atom is -0.497 e. The minimum atomic E-state index is -3.95. The van der Waals surface area contributed by atoms with Gasteiger partial charge in [0.15, 0.2) is 20.8 Å². The Morgan fingerprint density at radius 3 is 2.54 bits per heavy atom. The van der Waals surface area contributed by atoms with Gasteiger partial charge < -0.3 is 14.4 Å². The van der Waals surface area contributed by atoms with Gasteiger partial charge in [0, 0.05) is 30.0 Å². The lowest BCUT2D eigenvalue weighted by Gasteiger charge is -2.51. The molecule has 0 N–H and O–H groups in total. The van der Waals surface area contributed by atoms with Crippen LogP contribution in [0.2, 0.25) is 5.02 Å². The van der Waals surface area contributed by atoms with Crippen LogP contribution < -0.4 is 9.47 Å². The van der Waals surface area contributed by atoms with E-state index in [-0.39, 0.29) is 4.90 Å². The molecule has 2 aliphatic rings. The molecule has 1 fully saturated rings. The van der Waals surface area contributed by atoms with Gasteiger partial charge in [0.05, 0.1) is 12.0 Å². The summed E-state index contributed by atoms with van der Waals surface area (Å²) in [5.74, 6) is 0.116. The zero-order valence-electron chi connectivity index (χ0n) is 15.7. The summed E-state index contributed by atoms with van der Waals surface area (Å²) in [4.78, 5) is 14.7. The Labute approximate surface area is 168 Å². The number of rotatable bonds is 3. The highest BCUT2D eigenvalue weighted by molar-refractivity contribution is 7.92. The predicted octanol–water partition coefficient (Wildman–Crippen LogP) is 3.25. The van der Waals surface area contributed by atoms with E-state index in [0.717, 1.165) is 0 Å². The average Bonchev–Trinajstić information content (AvgIpc) is 2.66. The van der Waals surface area contributed by atoms with Crippen LogP contribution in [0, 0.1) is 0 Å². The SMILES string of the molecule is COc1ccc2c(c1)[C@H]1C[C@](C)(O2)N(C)C(=O)[C@H]1S(=O)(=O)c1ccc(Cl)cc1. The molecule has 0 radical (unpaired) electrons. The van der Waals surface area contributed by atoms with Crippen LogP contribution in [0.5, 0.6) is 11.5 Å². The van der Waals surface area contributed by atoms with Crippen molar-refractivity contribution in [1.82, 2.24) is 4.90 Å². The summed E-state index contributed by atoms with van der Waals surface area (Å²) in [5.41, 5.74) is -0.240. The molecule has 2 aliphatic heterocycles. The Hall–Kier alpha value is -2.25. The molecule has 6 nitrogen and oxygen atoms in total. The van der Waals surface area contributed by atoms with E-state index in [1.54, 1.807) is 32.2 Å². The predicted molar refractivity (Wildman–Crippen MR) is 105 cm³/mol. The molecule has 2 heterocycles. The number of methoxy groups -OCH3 is 1. The van der Waals surface area contributed by atoms with E-state index >= 15 is 0 Å². The summed E-state index contributed by atoms with van der Waals surface area (Å²) in [6, 6.07) is 11.2. The Balaban J connectivity index is 1.89. The first kappa shape index (κ1) is 19.1. The van der Waals surface area contributed by atoms with Crippen LogP contribution in [-0.4, -0.2) is 44.4 Å². The minimum absolute atomic E-state index is 0.0724. The largest absolute Gasteiger partial charge is 0.497 e. The number of benzene rings is 2. The van der Waals surface area contributed by atoms with Crippen LogP contribution in [0.4, 0.5) is 0 Å². The van der Waals surface area contributed by atoms with Crippen molar-refractivity contribution in [3.05, 3.63) is 53.1 Å². The maximum Gasteiger partial charge on any atom is 0.244 e. The van der Waals surface area contributed by atoms with Gasteiger partial charge in [-0.05, 0) is 49.4 Å². The van der Waals surface area contributed by atoms with Crippen LogP contribution >= 0.6 is 11.6 Å². The lowest BCUT2D eigenvalue weighted by atomic mass is 9.80. The van der Waals surface area contributed by atoms with Crippen molar-refractivity contribution in [2.75, 3.05) is 14.2 Å². The van der Waals surface area contributed by atoms with Crippen LogP contribution in [-0.2, 0) is 14.6 Å². The van der Waals surface area contributed by atoms with Crippen LogP contribution in [0.15, 0.2) is 47.4 Å². The molecule has 0 spiro atoms. The summed E-state index contributed by atoms with van der Waals surface area (Å²) in [5, 5.41) is -0.818. The van der Waals surface area contributed by atoms with Gasteiger partial charge in [-0.25, -0.2) is 8.42 Å². The molecule has 8 heteroatoms. The first-order chi connectivity index (χ1) is 13.2. The zero-order valence-corrected chi connectivity index (χ0v) is 17.3. The number of piperidine rings is 1. The van der Waals surface area contributed by atoms with E-state index in [1.165, 1.54) is 36.3 Å². The summed E-state index contributed by atoms with van der Waals surface area (Å²) in [7, 11) is -0.827. The summed E-state index contributed by atoms with van der Waals surface area (Å²) in [6.45, 7) is 1.80. The third kappa shape index (κ3) is 2.76. The topological polar surface area (TPSA) is 72.9 Å². The Morgan fingerprint density at radius 1 is 1.21 bits per heavy atom. The fourth-order valence-corrected chi connectivity index (χ4v) is 6.06. The molecule has 0 aliphatic carbocycles. The van der Waals surface area contributed by atoms with Crippen LogP contribution in [0.3, 0.4) is 0 Å². The molecule has 0 unspecified atom stereocenters. The standard InChI is InChI=1S/C20H20ClNO5S/c1-20-11-16(15-10-13(26-3)6-9-17(15)27-20)18(19(23)22(20)2)28(24,25)14-7-4-12(21)5-8-14/h4-10,16,18H,11H2,1-3H3/t16-,18+,20+/m1/s1. The van der Waals surface area contributed by atoms with E-state index < -0.39 is 32.6 Å². The first-order valence-corrected chi connectivity index (χ1v) is 10.7. The fourth-order valence-electron chi connectivity index (χ4n) is 4.02. The molecule has 1 saturated heterocycles. The van der Waals surface area contributed by atoms with E-state index in [2.05, 4.69) is 0 Å². The molecule has 4 rings (SSSR count). The number of hydrogen-bond donors (Lipinski definition) is 0. The van der Waals surface area contributed by atoms with Crippen molar-refractivity contribution in [2.45, 2.75) is 35.1 Å². The second-order valence-corrected chi connectivity index (χ2v) is 9.81. The third-order valence-corrected chi connectivity index (χ3v) is 8.05. The molecule has 148 valence electrons. The maximum atomic E-state index is 13.5. The molecule has 0 aromatic heterocycles. The Bertz CT molecular complexity index is 1050. The van der Waals surface area contributed by atoms with Crippen molar-refractivity contribution >= 4 is 27.3 Å². The molecule has 2 aromatic carbocycles. The molecular weight excluding hydrogens is 402 g/mol. The number of ether oxygens (including phenoxy) is 2. The van der Waals surface area contributed by atoms with Crippen molar-refractivity contribution < 1.29 is 22.7 Å². The second-order valence-electron chi connectivity index (χ2n) is 7.31. The number of halogens is 1. The third-order valence-electron chi connectivity index (χ3n) is 5.67. The summed E-state index contributed by atoms with van der Waals surface area (Å²) >= 11 is 5.90. The molecule has 2 aromatic rings. The Morgan fingerprint density at radius 2 is 1.89 bits per heavy atom. The van der Waals surface area contributed by atoms with Crippen molar-refractivity contribution in [3.8, 4) is 11.5 Å². The van der Waals surface area contributed by atoms with Crippen molar-refractivity contribution in [2.24, 2.45) is 0 Å². The van der Waals surface area contributed by atoms with Crippen molar-refractivity contribution in [1.29, 1.82) is 0 Å². The van der Waals surface area contributed by atoms with Gasteiger partial charge in [0.1, 0.15) is 11.5 Å². The Kier molecular flexibility index (Phi) is 4.35. The van der Waals surface area contributed by atoms with Crippen LogP contribution in [0.25, 0.3) is 0 Å². The lowest BCUT2D eigenvalue weighted by Crippen LogP contribution is -2.64. The van der Waals surface area contributed by atoms with Crippen molar-refractivity contribution in [3.63, 3.8) is 0 Å². The number of likely N-dealkylation sites (tertiary alicyclic amines) is 1. The highest BCUT2D eigenvalue weighted by Gasteiger charge is 2.57. The second kappa shape index (κ2) is 6.39. The molecule has 0 saturated carbocycles. The number of sulfone groups is 1. The lowest BCUT2D eigenvalue weighted by molar-refractivity contribution is -0.159. The molecule has 1 amide bonds. The van der Waals surface area contributed by atoms with Gasteiger partial charge in [-0.3, -0.25) is 4.79 Å². The number of hydrogen-bond acceptors (Lipinski definition) is 5. The first-order valence-electron chi connectivity index (χ1n) is 8.81. The van der Waals surface area contributed by atoms with Gasteiger partial charge >= 0.3 is 0 Å². The number of nitrogens with zero attached hydrogens (tertiary/aromatic N) is 1. The number of fused-ring (bicyclic) bond motifs is 4. The maximum absolute atomic E-state index is 13.5. The normalized spacial score (nSPS) is 26.4. The highest BCUT2D eigenvalue weighted by atomic mass is 35.5. The molecule has 2 bridgehead atoms. The molecule has 28 heavy (non-hydrogen) atoms. The fraction of sp³-hybridized carbons (Fsp3) is 0.350. The quantitative estimate of drug-likeness (QED) is 0.760. The van der Waals surface area contributed by atoms with Gasteiger partial charge in [-0.15, -0.1) is 0 Å². The molecular formula is C20H20ClNO5S. The van der Waals surface area contributed by atoms with Gasteiger partial charge in [0.25, 0.3) is 0 Å². The van der Waals surface area contributed by atoms with E-state index in [0.29, 0.717) is 28.5 Å². The van der Waals surface area contributed by atoms with E-state index in [4.69, 9.17) is 21.1 Å². The number of carbonyl (C=O) groups excluding carboxylic acids is 1. The smallest absolute Gasteiger partial charge is 0.244 e. The summed E-state index contributed by atoms with van der Waals surface area (Å²) < 4.78 is 38.3. The van der Waals surface area contributed by atoms with E-state index in [9.17, 15) is 13.2 Å². The van der Waals surface area contributed by atoms with Crippen LogP contribution in [0.1, 0.15) is 24.8 Å². The number of carbonyl (C=O) groups is 1. The number of amides is 1. The van der Waals surface area contributed by atoms with Gasteiger partial charge in [-0.1, -0.05) is 11.6 Å². The summed E-state index contributed by atoms with van der Waals surface area (Å²) in [6.07, 6.45) is 0.368. The van der Waals surface area contributed by atoms with Gasteiger partial charge in [0.2, 0.25) is 5.91 Å².